The molecule has 4 atom stereocenters. The fourth-order valence-electron chi connectivity index (χ4n) is 5.84. The molecular weight excluding hydrogens is 419 g/mol. The van der Waals surface area contributed by atoms with Gasteiger partial charge in [-0.25, -0.2) is 4.79 Å². The van der Waals surface area contributed by atoms with E-state index in [2.05, 4.69) is 17.6 Å². The van der Waals surface area contributed by atoms with Gasteiger partial charge in [-0.2, -0.15) is 13.2 Å². The van der Waals surface area contributed by atoms with E-state index < -0.39 is 11.7 Å². The van der Waals surface area contributed by atoms with Crippen LogP contribution in [0.25, 0.3) is 0 Å². The van der Waals surface area contributed by atoms with E-state index in [1.807, 2.05) is 4.90 Å². The summed E-state index contributed by atoms with van der Waals surface area (Å²) in [6.07, 6.45) is 2.55. The fourth-order valence-corrected chi connectivity index (χ4v) is 5.84. The standard InChI is InChI=1S/C24H32F3N3O2/c1-15-11-21-19(20(15)13-28-23(32)29-18-5-3-2-4-6-18)12-22(31)30(21)14-16-7-9-17(10-8-16)24(25,26)27/h7-10,15,18-21H,2-6,11-14H2,1H3,(H2,28,29,32)/t15-,19-,20+,21+/m0/s1. The summed E-state index contributed by atoms with van der Waals surface area (Å²) in [4.78, 5) is 26.9. The van der Waals surface area contributed by atoms with Gasteiger partial charge in [-0.15, -0.1) is 0 Å². The smallest absolute Gasteiger partial charge is 0.338 e. The molecule has 3 aliphatic rings. The Labute approximate surface area is 187 Å². The maximum Gasteiger partial charge on any atom is 0.416 e. The number of urea groups is 1. The number of rotatable bonds is 5. The Kier molecular flexibility index (Phi) is 6.67. The SMILES string of the molecule is C[C@H]1C[C@@H]2[C@@H](CC(=O)N2Cc2ccc(C(F)(F)F)cc2)[C@@H]1CNC(=O)NC1CCCCC1. The number of hydrogen-bond donors (Lipinski definition) is 2. The number of amides is 3. The van der Waals surface area contributed by atoms with Gasteiger partial charge in [0.2, 0.25) is 5.91 Å². The van der Waals surface area contributed by atoms with Crippen LogP contribution < -0.4 is 10.6 Å². The second-order valence-corrected chi connectivity index (χ2v) is 9.72. The average molecular weight is 452 g/mol. The van der Waals surface area contributed by atoms with Crippen molar-refractivity contribution in [3.05, 3.63) is 35.4 Å². The Balaban J connectivity index is 1.33. The number of carbonyl (C=O) groups excluding carboxylic acids is 2. The summed E-state index contributed by atoms with van der Waals surface area (Å²) in [5, 5.41) is 6.10. The minimum absolute atomic E-state index is 0.0449. The van der Waals surface area contributed by atoms with Gasteiger partial charge in [0.25, 0.3) is 0 Å². The number of nitrogens with zero attached hydrogens (tertiary/aromatic N) is 1. The zero-order chi connectivity index (χ0) is 22.9. The Bertz CT molecular complexity index is 821. The van der Waals surface area contributed by atoms with Gasteiger partial charge in [0.15, 0.2) is 0 Å². The number of carbonyl (C=O) groups is 2. The van der Waals surface area contributed by atoms with Crippen molar-refractivity contribution >= 4 is 11.9 Å². The van der Waals surface area contributed by atoms with Crippen LogP contribution in [0.5, 0.6) is 0 Å². The molecule has 0 aromatic heterocycles. The highest BCUT2D eigenvalue weighted by Gasteiger charge is 2.50. The van der Waals surface area contributed by atoms with E-state index in [9.17, 15) is 22.8 Å². The maximum absolute atomic E-state index is 12.8. The molecule has 2 aliphatic carbocycles. The average Bonchev–Trinajstić information content (AvgIpc) is 3.20. The van der Waals surface area contributed by atoms with Crippen molar-refractivity contribution in [1.29, 1.82) is 0 Å². The molecule has 0 spiro atoms. The van der Waals surface area contributed by atoms with Crippen molar-refractivity contribution in [3.8, 4) is 0 Å². The van der Waals surface area contributed by atoms with Crippen molar-refractivity contribution in [2.45, 2.75) is 76.7 Å². The molecule has 5 nitrogen and oxygen atoms in total. The largest absolute Gasteiger partial charge is 0.416 e. The first-order valence-corrected chi connectivity index (χ1v) is 11.7. The molecule has 1 aromatic rings. The molecule has 176 valence electrons. The van der Waals surface area contributed by atoms with Crippen LogP contribution in [-0.2, 0) is 17.5 Å². The lowest BCUT2D eigenvalue weighted by Gasteiger charge is -2.25. The summed E-state index contributed by atoms with van der Waals surface area (Å²) in [6.45, 7) is 3.03. The fraction of sp³-hybridized carbons (Fsp3) is 0.667. The van der Waals surface area contributed by atoms with Gasteiger partial charge < -0.3 is 15.5 Å². The molecule has 0 bridgehead atoms. The highest BCUT2D eigenvalue weighted by atomic mass is 19.4. The Morgan fingerprint density at radius 1 is 1.12 bits per heavy atom. The zero-order valence-electron chi connectivity index (χ0n) is 18.5. The molecule has 0 radical (unpaired) electrons. The van der Waals surface area contributed by atoms with Crippen LogP contribution in [-0.4, -0.2) is 35.5 Å². The third-order valence-electron chi connectivity index (χ3n) is 7.59. The zero-order valence-corrected chi connectivity index (χ0v) is 18.5. The summed E-state index contributed by atoms with van der Waals surface area (Å²) in [7, 11) is 0. The molecule has 1 heterocycles. The summed E-state index contributed by atoms with van der Waals surface area (Å²) in [6, 6.07) is 5.26. The number of benzene rings is 1. The van der Waals surface area contributed by atoms with Crippen molar-refractivity contribution in [3.63, 3.8) is 0 Å². The number of likely N-dealkylation sites (tertiary alicyclic amines) is 1. The maximum atomic E-state index is 12.8. The second kappa shape index (κ2) is 9.32. The van der Waals surface area contributed by atoms with E-state index in [0.717, 1.165) is 44.2 Å². The van der Waals surface area contributed by atoms with Gasteiger partial charge in [-0.1, -0.05) is 38.3 Å². The highest BCUT2D eigenvalue weighted by Crippen LogP contribution is 2.46. The van der Waals surface area contributed by atoms with Gasteiger partial charge in [-0.05, 0) is 54.7 Å². The Morgan fingerprint density at radius 3 is 2.47 bits per heavy atom. The molecule has 32 heavy (non-hydrogen) atoms. The third-order valence-corrected chi connectivity index (χ3v) is 7.59. The van der Waals surface area contributed by atoms with Crippen molar-refractivity contribution in [2.75, 3.05) is 6.54 Å². The topological polar surface area (TPSA) is 61.4 Å². The van der Waals surface area contributed by atoms with Crippen LogP contribution in [0, 0.1) is 17.8 Å². The second-order valence-electron chi connectivity index (χ2n) is 9.72. The number of nitrogens with one attached hydrogen (secondary N) is 2. The van der Waals surface area contributed by atoms with Crippen LogP contribution in [0.15, 0.2) is 24.3 Å². The minimum Gasteiger partial charge on any atom is -0.338 e. The lowest BCUT2D eigenvalue weighted by molar-refractivity contribution is -0.137. The Morgan fingerprint density at radius 2 is 1.81 bits per heavy atom. The number of fused-ring (bicyclic) bond motifs is 1. The first-order chi connectivity index (χ1) is 15.2. The minimum atomic E-state index is -4.36. The van der Waals surface area contributed by atoms with Gasteiger partial charge in [0.05, 0.1) is 5.56 Å². The monoisotopic (exact) mass is 451 g/mol. The van der Waals surface area contributed by atoms with E-state index in [1.165, 1.54) is 18.6 Å². The van der Waals surface area contributed by atoms with Crippen molar-refractivity contribution < 1.29 is 22.8 Å². The van der Waals surface area contributed by atoms with E-state index in [4.69, 9.17) is 0 Å². The molecule has 3 amide bonds. The van der Waals surface area contributed by atoms with Crippen molar-refractivity contribution in [1.82, 2.24) is 15.5 Å². The van der Waals surface area contributed by atoms with E-state index in [1.54, 1.807) is 0 Å². The predicted molar refractivity (Wildman–Crippen MR) is 115 cm³/mol. The van der Waals surface area contributed by atoms with Gasteiger partial charge in [0, 0.05) is 31.6 Å². The van der Waals surface area contributed by atoms with Crippen LogP contribution in [0.4, 0.5) is 18.0 Å². The molecular formula is C24H32F3N3O2. The number of halogens is 3. The van der Waals surface area contributed by atoms with Crippen molar-refractivity contribution in [2.24, 2.45) is 17.8 Å². The molecule has 2 N–H and O–H groups in total. The summed E-state index contributed by atoms with van der Waals surface area (Å²) in [5.74, 6) is 0.798. The molecule has 3 fully saturated rings. The van der Waals surface area contributed by atoms with Crippen LogP contribution in [0.1, 0.15) is 63.0 Å². The molecule has 8 heteroatoms. The molecule has 2 saturated carbocycles. The van der Waals surface area contributed by atoms with E-state index in [-0.39, 0.29) is 35.9 Å². The first kappa shape index (κ1) is 22.9. The Hall–Kier alpha value is -2.25. The number of hydrogen-bond acceptors (Lipinski definition) is 2. The van der Waals surface area contributed by atoms with Crippen LogP contribution >= 0.6 is 0 Å². The third kappa shape index (κ3) is 5.04. The highest BCUT2D eigenvalue weighted by molar-refractivity contribution is 5.79. The van der Waals surface area contributed by atoms with E-state index in [0.29, 0.717) is 31.0 Å². The normalized spacial score (nSPS) is 28.6. The molecule has 1 aromatic carbocycles. The number of alkyl halides is 3. The molecule has 1 saturated heterocycles. The summed E-state index contributed by atoms with van der Waals surface area (Å²) in [5.41, 5.74) is 0.0205. The molecule has 0 unspecified atom stereocenters. The quantitative estimate of drug-likeness (QED) is 0.681. The predicted octanol–water partition coefficient (Wildman–Crippen LogP) is 4.71. The molecule has 4 rings (SSSR count). The van der Waals surface area contributed by atoms with Crippen LogP contribution in [0.2, 0.25) is 0 Å². The summed E-state index contributed by atoms with van der Waals surface area (Å²) < 4.78 is 38.4. The summed E-state index contributed by atoms with van der Waals surface area (Å²) >= 11 is 0. The lowest BCUT2D eigenvalue weighted by Crippen LogP contribution is -2.45. The van der Waals surface area contributed by atoms with E-state index >= 15 is 0 Å². The van der Waals surface area contributed by atoms with Gasteiger partial charge in [-0.3, -0.25) is 4.79 Å². The molecule has 1 aliphatic heterocycles. The lowest BCUT2D eigenvalue weighted by atomic mass is 9.88. The first-order valence-electron chi connectivity index (χ1n) is 11.7. The van der Waals surface area contributed by atoms with Crippen LogP contribution in [0.3, 0.4) is 0 Å². The van der Waals surface area contributed by atoms with Gasteiger partial charge in [0.1, 0.15) is 0 Å². The van der Waals surface area contributed by atoms with Gasteiger partial charge >= 0.3 is 12.2 Å².